The van der Waals surface area contributed by atoms with E-state index in [1.54, 1.807) is 32.2 Å². The van der Waals surface area contributed by atoms with Crippen LogP contribution in [0.5, 0.6) is 5.88 Å². The van der Waals surface area contributed by atoms with E-state index in [0.29, 0.717) is 30.1 Å². The van der Waals surface area contributed by atoms with Crippen LogP contribution >= 0.6 is 0 Å². The molecule has 0 bridgehead atoms. The molecule has 3 N–H and O–H groups in total. The second-order valence-electron chi connectivity index (χ2n) is 6.38. The third-order valence-electron chi connectivity index (χ3n) is 4.56. The number of sulfonamides is 1. The maximum atomic E-state index is 12.9. The molecule has 2 aromatic heterocycles. The molecule has 1 atom stereocenters. The highest BCUT2D eigenvalue weighted by molar-refractivity contribution is 7.89. The lowest BCUT2D eigenvalue weighted by molar-refractivity contribution is 0.0279. The van der Waals surface area contributed by atoms with Crippen molar-refractivity contribution in [3.05, 3.63) is 35.3 Å². The SMILES string of the molecule is COc1ccc([C@H](NS(=O)(=O)c2c(C)n[nH]c2C)C2CC(O)C2)cn1. The van der Waals surface area contributed by atoms with Crippen molar-refractivity contribution in [1.82, 2.24) is 19.9 Å². The second kappa shape index (κ2) is 6.74. The molecule has 0 spiro atoms. The number of ether oxygens (including phenoxy) is 1. The molecule has 0 aromatic carbocycles. The highest BCUT2D eigenvalue weighted by Crippen LogP contribution is 2.39. The van der Waals surface area contributed by atoms with E-state index in [2.05, 4.69) is 19.9 Å². The number of aromatic nitrogens is 3. The van der Waals surface area contributed by atoms with Crippen LogP contribution in [0.2, 0.25) is 0 Å². The lowest BCUT2D eigenvalue weighted by Crippen LogP contribution is -2.41. The number of nitrogens with one attached hydrogen (secondary N) is 2. The number of pyridine rings is 1. The Morgan fingerprint density at radius 3 is 2.56 bits per heavy atom. The zero-order chi connectivity index (χ0) is 18.2. The van der Waals surface area contributed by atoms with Crippen molar-refractivity contribution in [1.29, 1.82) is 0 Å². The molecule has 136 valence electrons. The molecular formula is C16H22N4O4S. The summed E-state index contributed by atoms with van der Waals surface area (Å²) in [5.41, 5.74) is 1.65. The summed E-state index contributed by atoms with van der Waals surface area (Å²) in [6.45, 7) is 3.32. The summed E-state index contributed by atoms with van der Waals surface area (Å²) in [6.07, 6.45) is 2.30. The minimum Gasteiger partial charge on any atom is -0.481 e. The van der Waals surface area contributed by atoms with Gasteiger partial charge < -0.3 is 9.84 Å². The van der Waals surface area contributed by atoms with Gasteiger partial charge >= 0.3 is 0 Å². The highest BCUT2D eigenvalue weighted by Gasteiger charge is 2.38. The molecule has 1 saturated carbocycles. The van der Waals surface area contributed by atoms with Crippen molar-refractivity contribution in [3.8, 4) is 5.88 Å². The van der Waals surface area contributed by atoms with Crippen LogP contribution < -0.4 is 9.46 Å². The largest absolute Gasteiger partial charge is 0.481 e. The molecule has 3 rings (SSSR count). The van der Waals surface area contributed by atoms with Crippen molar-refractivity contribution in [2.24, 2.45) is 5.92 Å². The Labute approximate surface area is 146 Å². The van der Waals surface area contributed by atoms with Crippen LogP contribution in [0.1, 0.15) is 35.8 Å². The number of methoxy groups -OCH3 is 1. The highest BCUT2D eigenvalue weighted by atomic mass is 32.2. The molecule has 0 unspecified atom stereocenters. The summed E-state index contributed by atoms with van der Waals surface area (Å²) in [6, 6.07) is 3.01. The fourth-order valence-corrected chi connectivity index (χ4v) is 4.86. The van der Waals surface area contributed by atoms with E-state index in [-0.39, 0.29) is 16.9 Å². The van der Waals surface area contributed by atoms with Crippen LogP contribution in [0, 0.1) is 19.8 Å². The minimum absolute atomic E-state index is 0.00693. The van der Waals surface area contributed by atoms with Gasteiger partial charge in [0.1, 0.15) is 4.90 Å². The Morgan fingerprint density at radius 1 is 1.36 bits per heavy atom. The van der Waals surface area contributed by atoms with E-state index in [1.165, 1.54) is 7.11 Å². The van der Waals surface area contributed by atoms with Gasteiger partial charge in [-0.1, -0.05) is 6.07 Å². The van der Waals surface area contributed by atoms with Gasteiger partial charge in [-0.2, -0.15) is 5.10 Å². The Bertz CT molecular complexity index is 822. The molecule has 2 heterocycles. The number of aliphatic hydroxyl groups excluding tert-OH is 1. The van der Waals surface area contributed by atoms with Crippen LogP contribution in [0.3, 0.4) is 0 Å². The zero-order valence-electron chi connectivity index (χ0n) is 14.4. The van der Waals surface area contributed by atoms with Gasteiger partial charge in [0, 0.05) is 12.3 Å². The average molecular weight is 366 g/mol. The average Bonchev–Trinajstić information content (AvgIpc) is 2.89. The van der Waals surface area contributed by atoms with Gasteiger partial charge in [0.05, 0.1) is 30.6 Å². The number of hydrogen-bond acceptors (Lipinski definition) is 6. The Hall–Kier alpha value is -1.97. The fraction of sp³-hybridized carbons (Fsp3) is 0.500. The molecule has 8 nitrogen and oxygen atoms in total. The topological polar surface area (TPSA) is 117 Å². The summed E-state index contributed by atoms with van der Waals surface area (Å²) < 4.78 is 33.6. The Kier molecular flexibility index (Phi) is 4.81. The maximum absolute atomic E-state index is 12.9. The van der Waals surface area contributed by atoms with Crippen molar-refractivity contribution in [2.75, 3.05) is 7.11 Å². The molecule has 0 aliphatic heterocycles. The summed E-state index contributed by atoms with van der Waals surface area (Å²) in [7, 11) is -2.24. The van der Waals surface area contributed by atoms with Gasteiger partial charge in [0.2, 0.25) is 15.9 Å². The molecule has 25 heavy (non-hydrogen) atoms. The molecule has 0 amide bonds. The minimum atomic E-state index is -3.76. The van der Waals surface area contributed by atoms with Crippen LogP contribution in [0.4, 0.5) is 0 Å². The molecule has 1 aliphatic rings. The lowest BCUT2D eigenvalue weighted by Gasteiger charge is -2.38. The number of aromatic amines is 1. The standard InChI is InChI=1S/C16H22N4O4S/c1-9-16(10(2)19-18-9)25(22,23)20-15(12-6-13(21)7-12)11-4-5-14(24-3)17-8-11/h4-5,8,12-13,15,20-21H,6-7H2,1-3H3,(H,18,19)/t12?,13?,15-/m0/s1. The number of aryl methyl sites for hydroxylation is 2. The number of aliphatic hydroxyl groups is 1. The Balaban J connectivity index is 1.92. The summed E-state index contributed by atoms with van der Waals surface area (Å²) >= 11 is 0. The smallest absolute Gasteiger partial charge is 0.244 e. The van der Waals surface area contributed by atoms with Gasteiger partial charge in [-0.3, -0.25) is 5.10 Å². The van der Waals surface area contributed by atoms with E-state index < -0.39 is 16.1 Å². The van der Waals surface area contributed by atoms with Crippen molar-refractivity contribution < 1.29 is 18.3 Å². The van der Waals surface area contributed by atoms with Gasteiger partial charge in [-0.05, 0) is 38.2 Å². The van der Waals surface area contributed by atoms with Crippen molar-refractivity contribution >= 4 is 10.0 Å². The molecule has 1 aliphatic carbocycles. The van der Waals surface area contributed by atoms with Gasteiger partial charge in [0.25, 0.3) is 0 Å². The second-order valence-corrected chi connectivity index (χ2v) is 8.03. The maximum Gasteiger partial charge on any atom is 0.244 e. The molecule has 0 radical (unpaired) electrons. The first-order valence-electron chi connectivity index (χ1n) is 8.03. The number of nitrogens with zero attached hydrogens (tertiary/aromatic N) is 2. The summed E-state index contributed by atoms with van der Waals surface area (Å²) in [5, 5.41) is 16.3. The number of rotatable bonds is 6. The predicted molar refractivity (Wildman–Crippen MR) is 90.6 cm³/mol. The lowest BCUT2D eigenvalue weighted by atomic mass is 9.76. The van der Waals surface area contributed by atoms with Gasteiger partial charge in [-0.15, -0.1) is 0 Å². The van der Waals surface area contributed by atoms with Crippen LogP contribution in [-0.2, 0) is 10.0 Å². The monoisotopic (exact) mass is 366 g/mol. The third kappa shape index (κ3) is 3.53. The van der Waals surface area contributed by atoms with Gasteiger partial charge in [0.15, 0.2) is 0 Å². The molecule has 1 fully saturated rings. The fourth-order valence-electron chi connectivity index (χ4n) is 3.20. The first-order chi connectivity index (χ1) is 11.8. The van der Waals surface area contributed by atoms with E-state index in [0.717, 1.165) is 5.56 Å². The molecule has 2 aromatic rings. The zero-order valence-corrected chi connectivity index (χ0v) is 15.2. The normalized spacial score (nSPS) is 21.6. The first kappa shape index (κ1) is 17.8. The van der Waals surface area contributed by atoms with E-state index in [1.807, 2.05) is 0 Å². The van der Waals surface area contributed by atoms with E-state index >= 15 is 0 Å². The third-order valence-corrected chi connectivity index (χ3v) is 6.26. The van der Waals surface area contributed by atoms with Crippen LogP contribution in [0.25, 0.3) is 0 Å². The predicted octanol–water partition coefficient (Wildman–Crippen LogP) is 1.22. The van der Waals surface area contributed by atoms with Gasteiger partial charge in [-0.25, -0.2) is 18.1 Å². The summed E-state index contributed by atoms with van der Waals surface area (Å²) in [5.74, 6) is 0.466. The Morgan fingerprint density at radius 2 is 2.08 bits per heavy atom. The number of H-pyrrole nitrogens is 1. The molecule has 9 heteroatoms. The quantitative estimate of drug-likeness (QED) is 0.708. The molecular weight excluding hydrogens is 344 g/mol. The van der Waals surface area contributed by atoms with Crippen LogP contribution in [0.15, 0.2) is 23.2 Å². The first-order valence-corrected chi connectivity index (χ1v) is 9.52. The summed E-state index contributed by atoms with van der Waals surface area (Å²) in [4.78, 5) is 4.33. The molecule has 0 saturated heterocycles. The van der Waals surface area contributed by atoms with E-state index in [4.69, 9.17) is 4.74 Å². The van der Waals surface area contributed by atoms with Crippen molar-refractivity contribution in [2.45, 2.75) is 43.7 Å². The number of hydrogen-bond donors (Lipinski definition) is 3. The van der Waals surface area contributed by atoms with Crippen LogP contribution in [-0.4, -0.2) is 41.9 Å². The van der Waals surface area contributed by atoms with Crippen molar-refractivity contribution in [3.63, 3.8) is 0 Å². The van der Waals surface area contributed by atoms with E-state index in [9.17, 15) is 13.5 Å².